The third kappa shape index (κ3) is 2.65. The molecule has 2 N–H and O–H groups in total. The quantitative estimate of drug-likeness (QED) is 0.817. The molecule has 1 heterocycles. The molecule has 1 saturated heterocycles. The molecule has 2 bridgehead atoms. The largest absolute Gasteiger partial charge is 0.481 e. The topological polar surface area (TPSA) is 95.9 Å². The van der Waals surface area contributed by atoms with Crippen molar-refractivity contribution in [3.8, 4) is 0 Å². The van der Waals surface area contributed by atoms with E-state index >= 15 is 0 Å². The molecule has 0 aromatic heterocycles. The highest BCUT2D eigenvalue weighted by Gasteiger charge is 2.51. The number of carbonyl (C=O) groups is 3. The Morgan fingerprint density at radius 1 is 1.12 bits per heavy atom. The number of hydrogen-bond donors (Lipinski definition) is 2. The van der Waals surface area contributed by atoms with Crippen molar-refractivity contribution in [1.82, 2.24) is 0 Å². The summed E-state index contributed by atoms with van der Waals surface area (Å²) in [6.07, 6.45) is 4.22. The van der Waals surface area contributed by atoms with Crippen molar-refractivity contribution in [3.05, 3.63) is 36.4 Å². The maximum absolute atomic E-state index is 12.6. The molecule has 130 valence electrons. The van der Waals surface area contributed by atoms with E-state index in [0.717, 1.165) is 6.42 Å². The normalized spacial score (nSPS) is 29.8. The molecule has 0 spiro atoms. The standard InChI is InChI=1S/C18H18N2O5/c21-16(14-10-1-2-11(9-10)15(14)17(22)23)19-12-3-5-13(6-4-12)20-7-8-25-18(20)24/h1-6,10-11,14-15H,7-9H2,(H,19,21)(H,22,23)/t10-,11-,14-,15+/m0/s1. The van der Waals surface area contributed by atoms with Crippen molar-refractivity contribution in [2.24, 2.45) is 23.7 Å². The van der Waals surface area contributed by atoms with E-state index in [4.69, 9.17) is 4.74 Å². The molecule has 1 saturated carbocycles. The molecule has 3 aliphatic rings. The van der Waals surface area contributed by atoms with E-state index in [1.807, 2.05) is 12.2 Å². The van der Waals surface area contributed by atoms with Crippen LogP contribution in [0.15, 0.2) is 36.4 Å². The average Bonchev–Trinajstić information content (AvgIpc) is 3.30. The van der Waals surface area contributed by atoms with Crippen LogP contribution in [-0.2, 0) is 14.3 Å². The van der Waals surface area contributed by atoms with E-state index in [9.17, 15) is 19.5 Å². The first-order valence-corrected chi connectivity index (χ1v) is 8.31. The van der Waals surface area contributed by atoms with E-state index in [2.05, 4.69) is 5.32 Å². The molecule has 2 fully saturated rings. The number of carbonyl (C=O) groups excluding carboxylic acids is 2. The number of carboxylic acid groups (broad SMARTS) is 1. The van der Waals surface area contributed by atoms with Gasteiger partial charge in [0.25, 0.3) is 0 Å². The van der Waals surface area contributed by atoms with Crippen molar-refractivity contribution in [3.63, 3.8) is 0 Å². The fourth-order valence-corrected chi connectivity index (χ4v) is 4.09. The molecule has 4 atom stereocenters. The first-order valence-electron chi connectivity index (χ1n) is 8.31. The van der Waals surface area contributed by atoms with Gasteiger partial charge in [-0.3, -0.25) is 14.5 Å². The summed E-state index contributed by atoms with van der Waals surface area (Å²) >= 11 is 0. The van der Waals surface area contributed by atoms with Gasteiger partial charge in [-0.1, -0.05) is 12.2 Å². The van der Waals surface area contributed by atoms with Crippen LogP contribution < -0.4 is 10.2 Å². The number of carboxylic acids is 1. The summed E-state index contributed by atoms with van der Waals surface area (Å²) in [5.41, 5.74) is 1.28. The number of rotatable bonds is 4. The average molecular weight is 342 g/mol. The molecule has 7 nitrogen and oxygen atoms in total. The van der Waals surface area contributed by atoms with Gasteiger partial charge in [0, 0.05) is 11.4 Å². The number of nitrogens with one attached hydrogen (secondary N) is 1. The lowest BCUT2D eigenvalue weighted by Crippen LogP contribution is -2.36. The second kappa shape index (κ2) is 5.91. The Bertz CT molecular complexity index is 757. The minimum Gasteiger partial charge on any atom is -0.481 e. The molecule has 1 aliphatic heterocycles. The number of hydrogen-bond acceptors (Lipinski definition) is 4. The van der Waals surface area contributed by atoms with Crippen LogP contribution >= 0.6 is 0 Å². The fourth-order valence-electron chi connectivity index (χ4n) is 4.09. The smallest absolute Gasteiger partial charge is 0.414 e. The molecule has 0 unspecified atom stereocenters. The van der Waals surface area contributed by atoms with E-state index in [1.54, 1.807) is 24.3 Å². The lowest BCUT2D eigenvalue weighted by atomic mass is 9.82. The number of aliphatic carboxylic acids is 1. The molecular weight excluding hydrogens is 324 g/mol. The molecular formula is C18H18N2O5. The molecule has 1 aromatic carbocycles. The van der Waals surface area contributed by atoms with E-state index in [1.165, 1.54) is 4.90 Å². The highest BCUT2D eigenvalue weighted by molar-refractivity contribution is 5.97. The van der Waals surface area contributed by atoms with E-state index in [0.29, 0.717) is 24.5 Å². The number of ether oxygens (including phenoxy) is 1. The van der Waals surface area contributed by atoms with Gasteiger partial charge in [-0.2, -0.15) is 0 Å². The summed E-state index contributed by atoms with van der Waals surface area (Å²) in [5, 5.41) is 12.3. The van der Waals surface area contributed by atoms with Crippen LogP contribution in [0, 0.1) is 23.7 Å². The third-order valence-corrected chi connectivity index (χ3v) is 5.25. The van der Waals surface area contributed by atoms with E-state index in [-0.39, 0.29) is 23.8 Å². The summed E-state index contributed by atoms with van der Waals surface area (Å²) in [5.74, 6) is -2.45. The molecule has 2 amide bonds. The van der Waals surface area contributed by atoms with Gasteiger partial charge >= 0.3 is 12.1 Å². The molecule has 1 aromatic rings. The summed E-state index contributed by atoms with van der Waals surface area (Å²) in [6, 6.07) is 6.88. The molecule has 7 heteroatoms. The summed E-state index contributed by atoms with van der Waals surface area (Å²) in [4.78, 5) is 37.2. The van der Waals surface area contributed by atoms with Gasteiger partial charge < -0.3 is 15.2 Å². The maximum Gasteiger partial charge on any atom is 0.414 e. The lowest BCUT2D eigenvalue weighted by molar-refractivity contribution is -0.146. The Balaban J connectivity index is 1.47. The van der Waals surface area contributed by atoms with Crippen LogP contribution in [0.2, 0.25) is 0 Å². The first kappa shape index (κ1) is 15.7. The number of anilines is 2. The molecule has 4 rings (SSSR count). The SMILES string of the molecule is O=C(Nc1ccc(N2CCOC2=O)cc1)[C@@H]1[C@H](C(=O)O)[C@H]2C=C[C@H]1C2. The third-order valence-electron chi connectivity index (χ3n) is 5.25. The lowest BCUT2D eigenvalue weighted by Gasteiger charge is -2.24. The van der Waals surface area contributed by atoms with Crippen LogP contribution in [0.4, 0.5) is 16.2 Å². The van der Waals surface area contributed by atoms with E-state index < -0.39 is 17.8 Å². The monoisotopic (exact) mass is 342 g/mol. The molecule has 0 radical (unpaired) electrons. The Labute approximate surface area is 144 Å². The van der Waals surface area contributed by atoms with Crippen molar-refractivity contribution >= 4 is 29.3 Å². The van der Waals surface area contributed by atoms with Gasteiger partial charge in [0.1, 0.15) is 6.61 Å². The number of allylic oxidation sites excluding steroid dienone is 2. The number of fused-ring (bicyclic) bond motifs is 2. The Hall–Kier alpha value is -2.83. The van der Waals surface area contributed by atoms with Crippen LogP contribution in [0.3, 0.4) is 0 Å². The van der Waals surface area contributed by atoms with Crippen molar-refractivity contribution in [2.45, 2.75) is 6.42 Å². The van der Waals surface area contributed by atoms with Gasteiger partial charge in [-0.05, 0) is 42.5 Å². The minimum atomic E-state index is -0.917. The van der Waals surface area contributed by atoms with Gasteiger partial charge in [0.15, 0.2) is 0 Å². The zero-order valence-electron chi connectivity index (χ0n) is 13.4. The highest BCUT2D eigenvalue weighted by atomic mass is 16.6. The van der Waals surface area contributed by atoms with Gasteiger partial charge in [0.05, 0.1) is 18.4 Å². The number of amides is 2. The highest BCUT2D eigenvalue weighted by Crippen LogP contribution is 2.48. The Morgan fingerprint density at radius 2 is 1.80 bits per heavy atom. The number of cyclic esters (lactones) is 1. The second-order valence-electron chi connectivity index (χ2n) is 6.64. The van der Waals surface area contributed by atoms with Crippen molar-refractivity contribution in [2.75, 3.05) is 23.4 Å². The van der Waals surface area contributed by atoms with Crippen molar-refractivity contribution < 1.29 is 24.2 Å². The Kier molecular flexibility index (Phi) is 3.71. The fraction of sp³-hybridized carbons (Fsp3) is 0.389. The molecule has 25 heavy (non-hydrogen) atoms. The summed E-state index contributed by atoms with van der Waals surface area (Å²) in [7, 11) is 0. The van der Waals surface area contributed by atoms with Crippen LogP contribution in [-0.4, -0.2) is 36.2 Å². The number of nitrogens with zero attached hydrogens (tertiary/aromatic N) is 1. The summed E-state index contributed by atoms with van der Waals surface area (Å²) < 4.78 is 4.90. The minimum absolute atomic E-state index is 0.00950. The van der Waals surface area contributed by atoms with Crippen LogP contribution in [0.5, 0.6) is 0 Å². The summed E-state index contributed by atoms with van der Waals surface area (Å²) in [6.45, 7) is 0.869. The Morgan fingerprint density at radius 3 is 2.40 bits per heavy atom. The number of benzene rings is 1. The second-order valence-corrected chi connectivity index (χ2v) is 6.64. The van der Waals surface area contributed by atoms with Crippen LogP contribution in [0.1, 0.15) is 6.42 Å². The zero-order valence-corrected chi connectivity index (χ0v) is 13.4. The first-order chi connectivity index (χ1) is 12.0. The van der Waals surface area contributed by atoms with Crippen LogP contribution in [0.25, 0.3) is 0 Å². The predicted octanol–water partition coefficient (Wildman–Crippen LogP) is 2.10. The van der Waals surface area contributed by atoms with Gasteiger partial charge in [0.2, 0.25) is 5.91 Å². The zero-order chi connectivity index (χ0) is 17.6. The van der Waals surface area contributed by atoms with Gasteiger partial charge in [-0.25, -0.2) is 4.79 Å². The van der Waals surface area contributed by atoms with Gasteiger partial charge in [-0.15, -0.1) is 0 Å². The van der Waals surface area contributed by atoms with Crippen molar-refractivity contribution in [1.29, 1.82) is 0 Å². The molecule has 2 aliphatic carbocycles. The predicted molar refractivity (Wildman–Crippen MR) is 89.1 cm³/mol. The maximum atomic E-state index is 12.6.